The average molecular weight is 269 g/mol. The number of hydrogen-bond acceptors (Lipinski definition) is 2. The van der Waals surface area contributed by atoms with Crippen LogP contribution in [0.15, 0.2) is 18.2 Å². The summed E-state index contributed by atoms with van der Waals surface area (Å²) in [5.74, 6) is 0.0127. The average Bonchev–Trinajstić information content (AvgIpc) is 2.32. The number of amides is 1. The molecule has 0 aliphatic rings. The molecule has 2 N–H and O–H groups in total. The molecule has 1 amide bonds. The molecule has 1 aromatic rings. The standard InChI is InChI=1S/C14H21ClN2O/c1-5-10(3)16-14(18)11(4)17-13-7-6-12(15)8-9(13)2/h6-8,10-11,17H,5H2,1-4H3,(H,16,18). The van der Waals surface area contributed by atoms with Crippen molar-refractivity contribution in [3.63, 3.8) is 0 Å². The van der Waals surface area contributed by atoms with Gasteiger partial charge in [0.1, 0.15) is 6.04 Å². The molecule has 0 heterocycles. The summed E-state index contributed by atoms with van der Waals surface area (Å²) in [5.41, 5.74) is 1.97. The largest absolute Gasteiger partial charge is 0.374 e. The van der Waals surface area contributed by atoms with Gasteiger partial charge < -0.3 is 10.6 Å². The van der Waals surface area contributed by atoms with Gasteiger partial charge >= 0.3 is 0 Å². The highest BCUT2D eigenvalue weighted by atomic mass is 35.5. The van der Waals surface area contributed by atoms with Crippen molar-refractivity contribution in [2.24, 2.45) is 0 Å². The number of carbonyl (C=O) groups excluding carboxylic acids is 1. The van der Waals surface area contributed by atoms with Gasteiger partial charge in [-0.05, 0) is 51.0 Å². The molecule has 0 saturated carbocycles. The van der Waals surface area contributed by atoms with Crippen molar-refractivity contribution in [3.05, 3.63) is 28.8 Å². The van der Waals surface area contributed by atoms with E-state index in [1.54, 1.807) is 0 Å². The lowest BCUT2D eigenvalue weighted by molar-refractivity contribution is -0.122. The number of rotatable bonds is 5. The van der Waals surface area contributed by atoms with Crippen molar-refractivity contribution in [3.8, 4) is 0 Å². The normalized spacial score (nSPS) is 13.8. The van der Waals surface area contributed by atoms with Crippen LogP contribution in [-0.2, 0) is 4.79 Å². The van der Waals surface area contributed by atoms with E-state index in [1.807, 2.05) is 45.9 Å². The third-order valence-electron chi connectivity index (χ3n) is 2.95. The highest BCUT2D eigenvalue weighted by Crippen LogP contribution is 2.20. The van der Waals surface area contributed by atoms with Crippen LogP contribution in [0.4, 0.5) is 5.69 Å². The van der Waals surface area contributed by atoms with Gasteiger partial charge in [-0.2, -0.15) is 0 Å². The minimum Gasteiger partial charge on any atom is -0.374 e. The molecule has 0 aromatic heterocycles. The number of halogens is 1. The second-order valence-corrected chi connectivity index (χ2v) is 5.08. The highest BCUT2D eigenvalue weighted by molar-refractivity contribution is 6.30. The molecule has 2 atom stereocenters. The first kappa shape index (κ1) is 14.8. The highest BCUT2D eigenvalue weighted by Gasteiger charge is 2.14. The van der Waals surface area contributed by atoms with Crippen LogP contribution in [-0.4, -0.2) is 18.0 Å². The quantitative estimate of drug-likeness (QED) is 0.860. The van der Waals surface area contributed by atoms with E-state index in [2.05, 4.69) is 10.6 Å². The van der Waals surface area contributed by atoms with Crippen LogP contribution >= 0.6 is 11.6 Å². The maximum atomic E-state index is 11.9. The number of hydrogen-bond donors (Lipinski definition) is 2. The molecule has 0 aliphatic heterocycles. The maximum absolute atomic E-state index is 11.9. The first-order valence-electron chi connectivity index (χ1n) is 6.27. The number of benzene rings is 1. The Hall–Kier alpha value is -1.22. The summed E-state index contributed by atoms with van der Waals surface area (Å²) in [5, 5.41) is 6.85. The molecule has 0 aliphatic carbocycles. The molecule has 1 rings (SSSR count). The van der Waals surface area contributed by atoms with Crippen LogP contribution in [0.2, 0.25) is 5.02 Å². The fourth-order valence-electron chi connectivity index (χ4n) is 1.56. The van der Waals surface area contributed by atoms with Crippen LogP contribution in [0.5, 0.6) is 0 Å². The van der Waals surface area contributed by atoms with Crippen molar-refractivity contribution in [2.75, 3.05) is 5.32 Å². The van der Waals surface area contributed by atoms with E-state index in [1.165, 1.54) is 0 Å². The predicted molar refractivity (Wildman–Crippen MR) is 77.2 cm³/mol. The minimum absolute atomic E-state index is 0.0127. The molecule has 2 unspecified atom stereocenters. The van der Waals surface area contributed by atoms with Crippen molar-refractivity contribution >= 4 is 23.2 Å². The molecule has 18 heavy (non-hydrogen) atoms. The Kier molecular flexibility index (Phi) is 5.48. The smallest absolute Gasteiger partial charge is 0.242 e. The molecule has 0 saturated heterocycles. The van der Waals surface area contributed by atoms with E-state index in [4.69, 9.17) is 11.6 Å². The number of anilines is 1. The molecule has 100 valence electrons. The van der Waals surface area contributed by atoms with Crippen molar-refractivity contribution < 1.29 is 4.79 Å². The zero-order valence-corrected chi connectivity index (χ0v) is 12.1. The van der Waals surface area contributed by atoms with Crippen LogP contribution in [0, 0.1) is 6.92 Å². The first-order valence-corrected chi connectivity index (χ1v) is 6.65. The summed E-state index contributed by atoms with van der Waals surface area (Å²) in [7, 11) is 0. The molecule has 3 nitrogen and oxygen atoms in total. The van der Waals surface area contributed by atoms with Gasteiger partial charge in [-0.1, -0.05) is 18.5 Å². The van der Waals surface area contributed by atoms with Gasteiger partial charge in [0.15, 0.2) is 0 Å². The van der Waals surface area contributed by atoms with Gasteiger partial charge in [-0.3, -0.25) is 4.79 Å². The minimum atomic E-state index is -0.265. The Morgan fingerprint density at radius 3 is 2.61 bits per heavy atom. The van der Waals surface area contributed by atoms with E-state index < -0.39 is 0 Å². The summed E-state index contributed by atoms with van der Waals surface area (Å²) in [6, 6.07) is 5.52. The Balaban J connectivity index is 2.63. The van der Waals surface area contributed by atoms with E-state index in [-0.39, 0.29) is 18.0 Å². The number of aryl methyl sites for hydroxylation is 1. The molecular formula is C14H21ClN2O. The Morgan fingerprint density at radius 1 is 1.39 bits per heavy atom. The summed E-state index contributed by atoms with van der Waals surface area (Å²) in [6.07, 6.45) is 0.929. The summed E-state index contributed by atoms with van der Waals surface area (Å²) >= 11 is 5.90. The molecule has 0 fully saturated rings. The monoisotopic (exact) mass is 268 g/mol. The zero-order chi connectivity index (χ0) is 13.7. The third-order valence-corrected chi connectivity index (χ3v) is 3.19. The van der Waals surface area contributed by atoms with E-state index >= 15 is 0 Å². The third kappa shape index (κ3) is 4.22. The Bertz CT molecular complexity index is 420. The van der Waals surface area contributed by atoms with Gasteiger partial charge in [-0.25, -0.2) is 0 Å². The lowest BCUT2D eigenvalue weighted by Crippen LogP contribution is -2.41. The van der Waals surface area contributed by atoms with Gasteiger partial charge in [-0.15, -0.1) is 0 Å². The van der Waals surface area contributed by atoms with Crippen molar-refractivity contribution in [2.45, 2.75) is 46.2 Å². The lowest BCUT2D eigenvalue weighted by atomic mass is 10.1. The van der Waals surface area contributed by atoms with Gasteiger partial charge in [0.2, 0.25) is 5.91 Å². The van der Waals surface area contributed by atoms with Crippen molar-refractivity contribution in [1.29, 1.82) is 0 Å². The second-order valence-electron chi connectivity index (χ2n) is 4.64. The fraction of sp³-hybridized carbons (Fsp3) is 0.500. The molecule has 1 aromatic carbocycles. The van der Waals surface area contributed by atoms with Crippen LogP contribution in [0.1, 0.15) is 32.8 Å². The number of nitrogens with one attached hydrogen (secondary N) is 2. The van der Waals surface area contributed by atoms with Crippen LogP contribution < -0.4 is 10.6 Å². The van der Waals surface area contributed by atoms with Crippen LogP contribution in [0.25, 0.3) is 0 Å². The number of carbonyl (C=O) groups is 1. The topological polar surface area (TPSA) is 41.1 Å². The van der Waals surface area contributed by atoms with E-state index in [0.717, 1.165) is 17.7 Å². The van der Waals surface area contributed by atoms with E-state index in [9.17, 15) is 4.79 Å². The molecule has 4 heteroatoms. The first-order chi connectivity index (χ1) is 8.43. The summed E-state index contributed by atoms with van der Waals surface area (Å²) in [6.45, 7) is 7.86. The molecular weight excluding hydrogens is 248 g/mol. The predicted octanol–water partition coefficient (Wildman–Crippen LogP) is 3.36. The summed E-state index contributed by atoms with van der Waals surface area (Å²) < 4.78 is 0. The van der Waals surface area contributed by atoms with Crippen LogP contribution in [0.3, 0.4) is 0 Å². The maximum Gasteiger partial charge on any atom is 0.242 e. The second kappa shape index (κ2) is 6.64. The summed E-state index contributed by atoms with van der Waals surface area (Å²) in [4.78, 5) is 11.9. The van der Waals surface area contributed by atoms with Gasteiger partial charge in [0.05, 0.1) is 0 Å². The molecule has 0 bridgehead atoms. The molecule has 0 radical (unpaired) electrons. The van der Waals surface area contributed by atoms with E-state index in [0.29, 0.717) is 5.02 Å². The lowest BCUT2D eigenvalue weighted by Gasteiger charge is -2.19. The molecule has 0 spiro atoms. The Labute approximate surface area is 114 Å². The Morgan fingerprint density at radius 2 is 2.06 bits per heavy atom. The SMILES string of the molecule is CCC(C)NC(=O)C(C)Nc1ccc(Cl)cc1C. The fourth-order valence-corrected chi connectivity index (χ4v) is 1.78. The van der Waals surface area contributed by atoms with Crippen molar-refractivity contribution in [1.82, 2.24) is 5.32 Å². The zero-order valence-electron chi connectivity index (χ0n) is 11.4. The van der Waals surface area contributed by atoms with Gasteiger partial charge in [0, 0.05) is 16.8 Å². The van der Waals surface area contributed by atoms with Gasteiger partial charge in [0.25, 0.3) is 0 Å².